The number of imidazole rings is 1. The summed E-state index contributed by atoms with van der Waals surface area (Å²) in [6.07, 6.45) is 6.48. The second kappa shape index (κ2) is 6.68. The van der Waals surface area contributed by atoms with Gasteiger partial charge in [-0.15, -0.1) is 5.10 Å². The molecule has 0 aliphatic heterocycles. The molecule has 4 rings (SSSR count). The van der Waals surface area contributed by atoms with Crippen molar-refractivity contribution in [2.24, 2.45) is 0 Å². The number of anilines is 3. The van der Waals surface area contributed by atoms with E-state index in [0.717, 1.165) is 23.3 Å². The molecule has 0 aliphatic carbocycles. The fraction of sp³-hybridized carbons (Fsp3) is 0.167. The molecule has 7 nitrogen and oxygen atoms in total. The lowest BCUT2D eigenvalue weighted by Gasteiger charge is -2.10. The Morgan fingerprint density at radius 2 is 2.12 bits per heavy atom. The van der Waals surface area contributed by atoms with Crippen LogP contribution in [0.15, 0.2) is 49.1 Å². The summed E-state index contributed by atoms with van der Waals surface area (Å²) in [5.74, 6) is 1.28. The van der Waals surface area contributed by atoms with Crippen molar-refractivity contribution < 1.29 is 0 Å². The predicted molar refractivity (Wildman–Crippen MR) is 104 cm³/mol. The first kappa shape index (κ1) is 16.4. The molecule has 8 heteroatoms. The number of halogens is 1. The third kappa shape index (κ3) is 2.97. The van der Waals surface area contributed by atoms with Gasteiger partial charge >= 0.3 is 0 Å². The largest absolute Gasteiger partial charge is 0.388 e. The lowest BCUT2D eigenvalue weighted by atomic mass is 10.1. The molecule has 4 aromatic rings. The molecule has 0 radical (unpaired) electrons. The number of benzene rings is 1. The second-order valence-electron chi connectivity index (χ2n) is 5.80. The smallest absolute Gasteiger partial charge is 0.243 e. The third-order valence-corrected chi connectivity index (χ3v) is 4.40. The molecule has 0 bridgehead atoms. The topological polar surface area (TPSA) is 72.1 Å². The summed E-state index contributed by atoms with van der Waals surface area (Å²) in [5, 5.41) is 10.7. The van der Waals surface area contributed by atoms with Gasteiger partial charge in [-0.1, -0.05) is 13.0 Å². The Bertz CT molecular complexity index is 1070. The summed E-state index contributed by atoms with van der Waals surface area (Å²) in [5.41, 5.74) is 4.25. The zero-order valence-corrected chi connectivity index (χ0v) is 15.2. The quantitative estimate of drug-likeness (QED) is 0.559. The number of hydrogen-bond donors (Lipinski definition) is 2. The molecule has 0 saturated carbocycles. The minimum Gasteiger partial charge on any atom is -0.388 e. The maximum atomic E-state index is 5.99. The van der Waals surface area contributed by atoms with Crippen LogP contribution >= 0.6 is 11.6 Å². The van der Waals surface area contributed by atoms with Crippen LogP contribution in [0.25, 0.3) is 11.2 Å². The van der Waals surface area contributed by atoms with Gasteiger partial charge in [0.25, 0.3) is 0 Å². The maximum Gasteiger partial charge on any atom is 0.243 e. The normalized spacial score (nSPS) is 11.0. The van der Waals surface area contributed by atoms with E-state index in [1.807, 2.05) is 36.1 Å². The molecule has 3 aromatic heterocycles. The van der Waals surface area contributed by atoms with Crippen molar-refractivity contribution in [3.05, 3.63) is 59.9 Å². The standard InChI is InChI=1S/C18H18ClN7/c1-3-12-6-7-13(9-14(12)20-2)25-10-16(21-11-25)22-17-15-5-4-8-26(15)24-18(19)23-17/h4-11,20H,3H2,1-2H3,(H,22,23,24). The predicted octanol–water partition coefficient (Wildman–Crippen LogP) is 3.92. The Morgan fingerprint density at radius 3 is 2.92 bits per heavy atom. The average Bonchev–Trinajstić information content (AvgIpc) is 3.30. The van der Waals surface area contributed by atoms with Gasteiger partial charge in [0.2, 0.25) is 5.28 Å². The van der Waals surface area contributed by atoms with Crippen LogP contribution in [0, 0.1) is 0 Å². The highest BCUT2D eigenvalue weighted by molar-refractivity contribution is 6.28. The number of aryl methyl sites for hydroxylation is 1. The summed E-state index contributed by atoms with van der Waals surface area (Å²) in [6, 6.07) is 10.1. The number of nitrogens with zero attached hydrogens (tertiary/aromatic N) is 5. The van der Waals surface area contributed by atoms with Crippen LogP contribution in [0.4, 0.5) is 17.3 Å². The number of hydrogen-bond acceptors (Lipinski definition) is 5. The first-order valence-corrected chi connectivity index (χ1v) is 8.68. The average molecular weight is 368 g/mol. The Kier molecular flexibility index (Phi) is 4.22. The first-order chi connectivity index (χ1) is 12.7. The van der Waals surface area contributed by atoms with E-state index >= 15 is 0 Å². The van der Waals surface area contributed by atoms with Gasteiger partial charge in [-0.05, 0) is 47.9 Å². The van der Waals surface area contributed by atoms with Crippen molar-refractivity contribution in [1.29, 1.82) is 0 Å². The first-order valence-electron chi connectivity index (χ1n) is 8.31. The second-order valence-corrected chi connectivity index (χ2v) is 6.14. The molecule has 0 aliphatic rings. The van der Waals surface area contributed by atoms with Gasteiger partial charge in [-0.3, -0.25) is 0 Å². The van der Waals surface area contributed by atoms with E-state index in [-0.39, 0.29) is 5.28 Å². The van der Waals surface area contributed by atoms with Gasteiger partial charge in [0.05, 0.1) is 6.20 Å². The van der Waals surface area contributed by atoms with E-state index in [4.69, 9.17) is 11.6 Å². The number of aromatic nitrogens is 5. The molecular formula is C18H18ClN7. The molecule has 0 saturated heterocycles. The lowest BCUT2D eigenvalue weighted by molar-refractivity contribution is 0.907. The van der Waals surface area contributed by atoms with Gasteiger partial charge in [0.1, 0.15) is 17.7 Å². The molecular weight excluding hydrogens is 350 g/mol. The fourth-order valence-electron chi connectivity index (χ4n) is 2.92. The minimum absolute atomic E-state index is 0.171. The zero-order chi connectivity index (χ0) is 18.1. The zero-order valence-electron chi connectivity index (χ0n) is 14.4. The van der Waals surface area contributed by atoms with Crippen LogP contribution < -0.4 is 10.6 Å². The van der Waals surface area contributed by atoms with Crippen LogP contribution in [-0.4, -0.2) is 31.2 Å². The highest BCUT2D eigenvalue weighted by Gasteiger charge is 2.09. The van der Waals surface area contributed by atoms with Crippen molar-refractivity contribution >= 4 is 34.4 Å². The van der Waals surface area contributed by atoms with E-state index in [1.54, 1.807) is 10.8 Å². The van der Waals surface area contributed by atoms with Gasteiger partial charge in [0.15, 0.2) is 5.82 Å². The SMILES string of the molecule is CCc1ccc(-n2cnc(Nc3nc(Cl)nn4cccc34)c2)cc1NC. The van der Waals surface area contributed by atoms with Gasteiger partial charge < -0.3 is 15.2 Å². The van der Waals surface area contributed by atoms with E-state index in [1.165, 1.54) is 5.56 Å². The molecule has 132 valence electrons. The van der Waals surface area contributed by atoms with Crippen LogP contribution in [0.1, 0.15) is 12.5 Å². The molecule has 3 heterocycles. The van der Waals surface area contributed by atoms with E-state index in [0.29, 0.717) is 11.6 Å². The number of nitrogens with one attached hydrogen (secondary N) is 2. The van der Waals surface area contributed by atoms with Crippen molar-refractivity contribution in [3.8, 4) is 5.69 Å². The summed E-state index contributed by atoms with van der Waals surface area (Å²) in [7, 11) is 1.93. The molecule has 0 unspecified atom stereocenters. The highest BCUT2D eigenvalue weighted by atomic mass is 35.5. The summed E-state index contributed by atoms with van der Waals surface area (Å²) in [4.78, 5) is 8.69. The van der Waals surface area contributed by atoms with Crippen molar-refractivity contribution in [2.45, 2.75) is 13.3 Å². The van der Waals surface area contributed by atoms with Crippen LogP contribution in [-0.2, 0) is 6.42 Å². The van der Waals surface area contributed by atoms with Crippen molar-refractivity contribution in [1.82, 2.24) is 24.1 Å². The summed E-state index contributed by atoms with van der Waals surface area (Å²) in [6.45, 7) is 2.14. The lowest BCUT2D eigenvalue weighted by Crippen LogP contribution is -2.01. The molecule has 0 fully saturated rings. The maximum absolute atomic E-state index is 5.99. The molecule has 2 N–H and O–H groups in total. The Hall–Kier alpha value is -3.06. The minimum atomic E-state index is 0.171. The van der Waals surface area contributed by atoms with E-state index in [2.05, 4.69) is 50.8 Å². The molecule has 0 amide bonds. The summed E-state index contributed by atoms with van der Waals surface area (Å²) >= 11 is 5.99. The van der Waals surface area contributed by atoms with Crippen LogP contribution in [0.5, 0.6) is 0 Å². The van der Waals surface area contributed by atoms with Gasteiger partial charge in [0, 0.05) is 24.6 Å². The monoisotopic (exact) mass is 367 g/mol. The van der Waals surface area contributed by atoms with E-state index in [9.17, 15) is 0 Å². The van der Waals surface area contributed by atoms with Crippen molar-refractivity contribution in [3.63, 3.8) is 0 Å². The Balaban J connectivity index is 1.65. The molecule has 1 aromatic carbocycles. The Morgan fingerprint density at radius 1 is 1.23 bits per heavy atom. The number of rotatable bonds is 5. The third-order valence-electron chi connectivity index (χ3n) is 4.24. The fourth-order valence-corrected chi connectivity index (χ4v) is 3.08. The van der Waals surface area contributed by atoms with E-state index < -0.39 is 0 Å². The van der Waals surface area contributed by atoms with Crippen LogP contribution in [0.3, 0.4) is 0 Å². The van der Waals surface area contributed by atoms with Crippen LogP contribution in [0.2, 0.25) is 5.28 Å². The number of fused-ring (bicyclic) bond motifs is 1. The van der Waals surface area contributed by atoms with Gasteiger partial charge in [-0.2, -0.15) is 4.98 Å². The van der Waals surface area contributed by atoms with Gasteiger partial charge in [-0.25, -0.2) is 9.50 Å². The Labute approximate surface area is 155 Å². The molecule has 26 heavy (non-hydrogen) atoms. The molecule has 0 atom stereocenters. The van der Waals surface area contributed by atoms with Crippen molar-refractivity contribution in [2.75, 3.05) is 17.7 Å². The summed E-state index contributed by atoms with van der Waals surface area (Å²) < 4.78 is 3.64. The highest BCUT2D eigenvalue weighted by Crippen LogP contribution is 2.23. The molecule has 0 spiro atoms.